The molecular weight excluding hydrogens is 292 g/mol. The van der Waals surface area contributed by atoms with Crippen LogP contribution in [0.5, 0.6) is 0 Å². The minimum Gasteiger partial charge on any atom is -0.334 e. The van der Waals surface area contributed by atoms with Crippen LogP contribution in [0.2, 0.25) is 5.28 Å². The highest BCUT2D eigenvalue weighted by atomic mass is 35.5. The molecule has 0 spiro atoms. The molecule has 0 atom stereocenters. The van der Waals surface area contributed by atoms with Crippen LogP contribution in [0.4, 0.5) is 17.2 Å². The van der Waals surface area contributed by atoms with Gasteiger partial charge in [0.15, 0.2) is 0 Å². The van der Waals surface area contributed by atoms with E-state index in [1.54, 1.807) is 0 Å². The summed E-state index contributed by atoms with van der Waals surface area (Å²) in [5, 5.41) is 14.2. The molecule has 6 nitrogen and oxygen atoms in total. The number of para-hydroxylation sites is 1. The summed E-state index contributed by atoms with van der Waals surface area (Å²) >= 11 is 5.81. The van der Waals surface area contributed by atoms with Gasteiger partial charge in [-0.05, 0) is 36.1 Å². The van der Waals surface area contributed by atoms with Crippen molar-refractivity contribution in [1.29, 1.82) is 0 Å². The van der Waals surface area contributed by atoms with Crippen LogP contribution in [-0.2, 0) is 0 Å². The van der Waals surface area contributed by atoms with Crippen LogP contribution in [-0.4, -0.2) is 14.9 Å². The number of nitrogens with one attached hydrogen (secondary N) is 1. The third kappa shape index (κ3) is 3.28. The van der Waals surface area contributed by atoms with Gasteiger partial charge in [0.1, 0.15) is 5.69 Å². The molecule has 2 aromatic rings. The predicted octanol–water partition coefficient (Wildman–Crippen LogP) is 4.21. The molecule has 0 aliphatic rings. The van der Waals surface area contributed by atoms with Crippen LogP contribution in [0, 0.1) is 17.0 Å². The Bertz CT molecular complexity index is 689. The summed E-state index contributed by atoms with van der Waals surface area (Å²) in [6.45, 7) is 5.63. The van der Waals surface area contributed by atoms with E-state index >= 15 is 0 Å². The SMILES string of the molecule is Cc1nc(Cl)nc(Nc2ccccc2C(C)C)c1[N+](=O)[O-]. The van der Waals surface area contributed by atoms with Crippen LogP contribution in [0.3, 0.4) is 0 Å². The minimum atomic E-state index is -0.508. The van der Waals surface area contributed by atoms with E-state index in [1.165, 1.54) is 6.92 Å². The first-order chi connectivity index (χ1) is 9.90. The third-order valence-electron chi connectivity index (χ3n) is 3.05. The Morgan fingerprint density at radius 3 is 2.57 bits per heavy atom. The first-order valence-corrected chi connectivity index (χ1v) is 6.82. The summed E-state index contributed by atoms with van der Waals surface area (Å²) in [5.74, 6) is 0.372. The van der Waals surface area contributed by atoms with Crippen molar-refractivity contribution in [2.75, 3.05) is 5.32 Å². The van der Waals surface area contributed by atoms with Crippen LogP contribution >= 0.6 is 11.6 Å². The number of anilines is 2. The number of benzene rings is 1. The Morgan fingerprint density at radius 1 is 1.29 bits per heavy atom. The van der Waals surface area contributed by atoms with Gasteiger partial charge in [-0.1, -0.05) is 32.0 Å². The van der Waals surface area contributed by atoms with Crippen molar-refractivity contribution in [2.45, 2.75) is 26.7 Å². The lowest BCUT2D eigenvalue weighted by molar-refractivity contribution is -0.385. The number of aromatic nitrogens is 2. The number of halogens is 1. The van der Waals surface area contributed by atoms with Crippen molar-refractivity contribution < 1.29 is 4.92 Å². The monoisotopic (exact) mass is 306 g/mol. The average Bonchev–Trinajstić information content (AvgIpc) is 2.37. The number of rotatable bonds is 4. The van der Waals surface area contributed by atoms with Crippen molar-refractivity contribution in [3.8, 4) is 0 Å². The second-order valence-electron chi connectivity index (χ2n) is 4.90. The highest BCUT2D eigenvalue weighted by Gasteiger charge is 2.22. The van der Waals surface area contributed by atoms with E-state index in [0.29, 0.717) is 0 Å². The van der Waals surface area contributed by atoms with Gasteiger partial charge < -0.3 is 5.32 Å². The van der Waals surface area contributed by atoms with E-state index in [2.05, 4.69) is 15.3 Å². The molecule has 0 fully saturated rings. The number of nitrogens with zero attached hydrogens (tertiary/aromatic N) is 3. The van der Waals surface area contributed by atoms with Crippen molar-refractivity contribution in [3.63, 3.8) is 0 Å². The van der Waals surface area contributed by atoms with Crippen LogP contribution in [0.15, 0.2) is 24.3 Å². The van der Waals surface area contributed by atoms with Gasteiger partial charge in [-0.25, -0.2) is 4.98 Å². The lowest BCUT2D eigenvalue weighted by Crippen LogP contribution is -2.06. The van der Waals surface area contributed by atoms with E-state index in [0.717, 1.165) is 11.3 Å². The van der Waals surface area contributed by atoms with Crippen LogP contribution in [0.1, 0.15) is 31.0 Å². The molecule has 2 rings (SSSR count). The molecule has 21 heavy (non-hydrogen) atoms. The maximum absolute atomic E-state index is 11.2. The molecule has 1 N–H and O–H groups in total. The molecule has 0 saturated carbocycles. The summed E-state index contributed by atoms with van der Waals surface area (Å²) in [7, 11) is 0. The molecule has 0 radical (unpaired) electrons. The molecule has 0 amide bonds. The molecule has 1 aromatic carbocycles. The van der Waals surface area contributed by atoms with Gasteiger partial charge in [-0.3, -0.25) is 10.1 Å². The topological polar surface area (TPSA) is 81.0 Å². The molecule has 0 saturated heterocycles. The maximum atomic E-state index is 11.2. The van der Waals surface area contributed by atoms with Crippen molar-refractivity contribution in [3.05, 3.63) is 50.9 Å². The number of aryl methyl sites for hydroxylation is 1. The van der Waals surface area contributed by atoms with Crippen molar-refractivity contribution in [2.24, 2.45) is 0 Å². The van der Waals surface area contributed by atoms with E-state index in [1.807, 2.05) is 38.1 Å². The molecule has 7 heteroatoms. The molecule has 1 heterocycles. The van der Waals surface area contributed by atoms with Gasteiger partial charge in [0.25, 0.3) is 0 Å². The molecule has 110 valence electrons. The Labute approximate surface area is 127 Å². The summed E-state index contributed by atoms with van der Waals surface area (Å²) < 4.78 is 0. The summed E-state index contributed by atoms with van der Waals surface area (Å²) in [4.78, 5) is 18.5. The Hall–Kier alpha value is -2.21. The van der Waals surface area contributed by atoms with E-state index < -0.39 is 4.92 Å². The van der Waals surface area contributed by atoms with Crippen molar-refractivity contribution >= 4 is 28.8 Å². The smallest absolute Gasteiger partial charge is 0.332 e. The van der Waals surface area contributed by atoms with Gasteiger partial charge in [-0.2, -0.15) is 4.98 Å². The van der Waals surface area contributed by atoms with Gasteiger partial charge in [0, 0.05) is 5.69 Å². The molecule has 1 aromatic heterocycles. The Kier molecular flexibility index (Phi) is 4.37. The number of nitro groups is 1. The summed E-state index contributed by atoms with van der Waals surface area (Å²) in [6.07, 6.45) is 0. The van der Waals surface area contributed by atoms with Crippen LogP contribution < -0.4 is 5.32 Å². The fraction of sp³-hybridized carbons (Fsp3) is 0.286. The van der Waals surface area contributed by atoms with Crippen molar-refractivity contribution in [1.82, 2.24) is 9.97 Å². The first kappa shape index (κ1) is 15.2. The Morgan fingerprint density at radius 2 is 1.95 bits per heavy atom. The lowest BCUT2D eigenvalue weighted by Gasteiger charge is -2.14. The maximum Gasteiger partial charge on any atom is 0.332 e. The zero-order valence-electron chi connectivity index (χ0n) is 11.9. The molecular formula is C14H15ClN4O2. The highest BCUT2D eigenvalue weighted by molar-refractivity contribution is 6.28. The normalized spacial score (nSPS) is 10.7. The molecule has 0 aliphatic heterocycles. The number of hydrogen-bond acceptors (Lipinski definition) is 5. The Balaban J connectivity index is 2.52. The summed E-state index contributed by atoms with van der Waals surface area (Å²) in [6, 6.07) is 7.60. The van der Waals surface area contributed by atoms with Gasteiger partial charge >= 0.3 is 5.69 Å². The van der Waals surface area contributed by atoms with E-state index in [9.17, 15) is 10.1 Å². The van der Waals surface area contributed by atoms with Crippen LogP contribution in [0.25, 0.3) is 0 Å². The highest BCUT2D eigenvalue weighted by Crippen LogP contribution is 2.32. The zero-order chi connectivity index (χ0) is 15.6. The zero-order valence-corrected chi connectivity index (χ0v) is 12.7. The van der Waals surface area contributed by atoms with E-state index in [4.69, 9.17) is 11.6 Å². The second kappa shape index (κ2) is 6.05. The van der Waals surface area contributed by atoms with E-state index in [-0.39, 0.29) is 28.4 Å². The fourth-order valence-corrected chi connectivity index (χ4v) is 2.29. The average molecular weight is 307 g/mol. The quantitative estimate of drug-likeness (QED) is 0.520. The standard InChI is InChI=1S/C14H15ClN4O2/c1-8(2)10-6-4-5-7-11(10)17-13-12(19(20)21)9(3)16-14(15)18-13/h4-8H,1-3H3,(H,16,17,18). The largest absolute Gasteiger partial charge is 0.334 e. The van der Waals surface area contributed by atoms with Gasteiger partial charge in [-0.15, -0.1) is 0 Å². The second-order valence-corrected chi connectivity index (χ2v) is 5.24. The lowest BCUT2D eigenvalue weighted by atomic mass is 10.0. The molecule has 0 bridgehead atoms. The third-order valence-corrected chi connectivity index (χ3v) is 3.22. The number of hydrogen-bond donors (Lipinski definition) is 1. The molecule has 0 aliphatic carbocycles. The van der Waals surface area contributed by atoms with Gasteiger partial charge in [0.05, 0.1) is 4.92 Å². The predicted molar refractivity (Wildman–Crippen MR) is 82.2 cm³/mol. The molecule has 0 unspecified atom stereocenters. The minimum absolute atomic E-state index is 0.0253. The summed E-state index contributed by atoms with van der Waals surface area (Å²) in [5.41, 5.74) is 1.87. The van der Waals surface area contributed by atoms with Gasteiger partial charge in [0.2, 0.25) is 11.1 Å². The first-order valence-electron chi connectivity index (χ1n) is 6.44. The fourth-order valence-electron chi connectivity index (χ4n) is 2.08.